The van der Waals surface area contributed by atoms with Crippen molar-refractivity contribution in [2.24, 2.45) is 5.41 Å². The minimum atomic E-state index is -0.431. The molecule has 0 aliphatic heterocycles. The number of ether oxygens (including phenoxy) is 1. The maximum absolute atomic E-state index is 11.3. The molecule has 0 unspecified atom stereocenters. The Bertz CT molecular complexity index is 235. The van der Waals surface area contributed by atoms with E-state index in [0.717, 1.165) is 12.8 Å². The molecule has 0 amide bonds. The molecular weight excluding hydrogens is 212 g/mol. The summed E-state index contributed by atoms with van der Waals surface area (Å²) in [6.45, 7) is 5.91. The van der Waals surface area contributed by atoms with Crippen LogP contribution < -0.4 is 0 Å². The van der Waals surface area contributed by atoms with Crippen molar-refractivity contribution < 1.29 is 9.53 Å². The zero-order valence-corrected chi connectivity index (χ0v) is 10.4. The zero-order chi connectivity index (χ0) is 11.9. The Labute approximate surface area is 97.3 Å². The van der Waals surface area contributed by atoms with Crippen LogP contribution in [0.1, 0.15) is 40.0 Å². The van der Waals surface area contributed by atoms with Gasteiger partial charge < -0.3 is 4.74 Å². The highest BCUT2D eigenvalue weighted by Crippen LogP contribution is 2.16. The van der Waals surface area contributed by atoms with Gasteiger partial charge in [-0.1, -0.05) is 0 Å². The number of terminal acetylenes is 1. The van der Waals surface area contributed by atoms with E-state index in [2.05, 4.69) is 5.92 Å². The molecule has 0 aromatic rings. The average Bonchev–Trinajstić information content (AvgIpc) is 2.11. The van der Waals surface area contributed by atoms with E-state index in [0.29, 0.717) is 13.0 Å². The summed E-state index contributed by atoms with van der Waals surface area (Å²) in [7, 11) is 0. The maximum Gasteiger partial charge on any atom is 0.311 e. The summed E-state index contributed by atoms with van der Waals surface area (Å²) in [6, 6.07) is 0. The minimum absolute atomic E-state index is 0.0108. The molecule has 0 aliphatic carbocycles. The number of esters is 1. The number of hydrogen-bond donors (Lipinski definition) is 0. The van der Waals surface area contributed by atoms with E-state index in [9.17, 15) is 4.79 Å². The van der Waals surface area contributed by atoms with Crippen LogP contribution >= 0.6 is 11.6 Å². The van der Waals surface area contributed by atoms with Gasteiger partial charge in [-0.15, -0.1) is 23.9 Å². The van der Waals surface area contributed by atoms with Crippen molar-refractivity contribution in [2.45, 2.75) is 45.4 Å². The normalized spacial score (nSPS) is 13.0. The van der Waals surface area contributed by atoms with Gasteiger partial charge in [-0.05, 0) is 33.6 Å². The Morgan fingerprint density at radius 1 is 1.53 bits per heavy atom. The second-order valence-corrected chi connectivity index (χ2v) is 5.15. The van der Waals surface area contributed by atoms with Gasteiger partial charge in [0.25, 0.3) is 0 Å². The molecule has 3 heteroatoms. The first-order valence-electron chi connectivity index (χ1n) is 5.12. The Morgan fingerprint density at radius 3 is 2.60 bits per heavy atom. The third-order valence-electron chi connectivity index (χ3n) is 1.85. The first kappa shape index (κ1) is 14.3. The van der Waals surface area contributed by atoms with Crippen LogP contribution in [-0.4, -0.2) is 18.0 Å². The standard InChI is InChI=1S/C12H19ClO2/c1-5-7-10(13)8-6-9-15-11(14)12(2,3)4/h1,10H,6-9H2,2-4H3/t10-/m0/s1. The number of carbonyl (C=O) groups is 1. The van der Waals surface area contributed by atoms with Crippen LogP contribution in [0.2, 0.25) is 0 Å². The molecule has 0 rings (SSSR count). The zero-order valence-electron chi connectivity index (χ0n) is 9.68. The highest BCUT2D eigenvalue weighted by Gasteiger charge is 2.22. The first-order chi connectivity index (χ1) is 6.88. The molecule has 0 saturated heterocycles. The van der Waals surface area contributed by atoms with Gasteiger partial charge in [-0.3, -0.25) is 4.79 Å². The van der Waals surface area contributed by atoms with Gasteiger partial charge in [0.2, 0.25) is 0 Å². The summed E-state index contributed by atoms with van der Waals surface area (Å²) in [5.74, 6) is 2.33. The molecule has 0 spiro atoms. The van der Waals surface area contributed by atoms with Crippen molar-refractivity contribution in [3.05, 3.63) is 0 Å². The lowest BCUT2D eigenvalue weighted by atomic mass is 9.97. The number of rotatable bonds is 5. The number of halogens is 1. The molecule has 86 valence electrons. The molecule has 0 fully saturated rings. The van der Waals surface area contributed by atoms with Gasteiger partial charge in [-0.25, -0.2) is 0 Å². The van der Waals surface area contributed by atoms with E-state index in [1.54, 1.807) is 0 Å². The monoisotopic (exact) mass is 230 g/mol. The second-order valence-electron chi connectivity index (χ2n) is 4.53. The van der Waals surface area contributed by atoms with Crippen LogP contribution in [0, 0.1) is 17.8 Å². The van der Waals surface area contributed by atoms with E-state index in [-0.39, 0.29) is 11.3 Å². The Morgan fingerprint density at radius 2 is 2.13 bits per heavy atom. The fraction of sp³-hybridized carbons (Fsp3) is 0.750. The second kappa shape index (κ2) is 6.74. The van der Waals surface area contributed by atoms with Crippen LogP contribution in [0.3, 0.4) is 0 Å². The van der Waals surface area contributed by atoms with Gasteiger partial charge in [0.15, 0.2) is 0 Å². The molecule has 0 N–H and O–H groups in total. The molecule has 0 heterocycles. The van der Waals surface area contributed by atoms with Crippen molar-refractivity contribution in [3.63, 3.8) is 0 Å². The van der Waals surface area contributed by atoms with Crippen molar-refractivity contribution in [1.82, 2.24) is 0 Å². The van der Waals surface area contributed by atoms with Crippen molar-refractivity contribution in [1.29, 1.82) is 0 Å². The minimum Gasteiger partial charge on any atom is -0.465 e. The summed E-state index contributed by atoms with van der Waals surface area (Å²) in [4.78, 5) is 11.3. The van der Waals surface area contributed by atoms with E-state index in [1.807, 2.05) is 20.8 Å². The van der Waals surface area contributed by atoms with E-state index in [1.165, 1.54) is 0 Å². The Balaban J connectivity index is 3.56. The molecular formula is C12H19ClO2. The van der Waals surface area contributed by atoms with Gasteiger partial charge in [0, 0.05) is 11.8 Å². The molecule has 0 aromatic heterocycles. The summed E-state index contributed by atoms with van der Waals surface area (Å²) in [6.07, 6.45) is 7.23. The summed E-state index contributed by atoms with van der Waals surface area (Å²) in [5.41, 5.74) is -0.431. The van der Waals surface area contributed by atoms with E-state index < -0.39 is 5.41 Å². The average molecular weight is 231 g/mol. The Kier molecular flexibility index (Phi) is 6.43. The lowest BCUT2D eigenvalue weighted by Crippen LogP contribution is -2.23. The van der Waals surface area contributed by atoms with Crippen LogP contribution in [0.5, 0.6) is 0 Å². The summed E-state index contributed by atoms with van der Waals surface area (Å²) >= 11 is 5.90. The molecule has 0 saturated carbocycles. The molecule has 0 bridgehead atoms. The van der Waals surface area contributed by atoms with E-state index in [4.69, 9.17) is 22.8 Å². The summed E-state index contributed by atoms with van der Waals surface area (Å²) < 4.78 is 5.09. The van der Waals surface area contributed by atoms with Crippen LogP contribution in [0.25, 0.3) is 0 Å². The molecule has 15 heavy (non-hydrogen) atoms. The predicted molar refractivity (Wildman–Crippen MR) is 62.7 cm³/mol. The smallest absolute Gasteiger partial charge is 0.311 e. The fourth-order valence-electron chi connectivity index (χ4n) is 0.916. The van der Waals surface area contributed by atoms with E-state index >= 15 is 0 Å². The summed E-state index contributed by atoms with van der Waals surface area (Å²) in [5, 5.41) is -0.0108. The Hall–Kier alpha value is -0.680. The van der Waals surface area contributed by atoms with Gasteiger partial charge >= 0.3 is 5.97 Å². The first-order valence-corrected chi connectivity index (χ1v) is 5.56. The largest absolute Gasteiger partial charge is 0.465 e. The van der Waals surface area contributed by atoms with Crippen LogP contribution in [0.15, 0.2) is 0 Å². The van der Waals surface area contributed by atoms with Crippen molar-refractivity contribution in [3.8, 4) is 12.3 Å². The molecule has 0 radical (unpaired) electrons. The van der Waals surface area contributed by atoms with Gasteiger partial charge in [-0.2, -0.15) is 0 Å². The van der Waals surface area contributed by atoms with Gasteiger partial charge in [0.1, 0.15) is 0 Å². The molecule has 1 atom stereocenters. The number of hydrogen-bond acceptors (Lipinski definition) is 2. The third kappa shape index (κ3) is 7.27. The third-order valence-corrected chi connectivity index (χ3v) is 2.22. The fourth-order valence-corrected chi connectivity index (χ4v) is 1.16. The predicted octanol–water partition coefficient (Wildman–Crippen LogP) is 2.99. The molecule has 2 nitrogen and oxygen atoms in total. The number of carbonyl (C=O) groups excluding carboxylic acids is 1. The topological polar surface area (TPSA) is 26.3 Å². The van der Waals surface area contributed by atoms with Gasteiger partial charge in [0.05, 0.1) is 12.0 Å². The SMILES string of the molecule is C#CC[C@H](Cl)CCCOC(=O)C(C)(C)C. The lowest BCUT2D eigenvalue weighted by Gasteiger charge is -2.16. The highest BCUT2D eigenvalue weighted by molar-refractivity contribution is 6.20. The highest BCUT2D eigenvalue weighted by atomic mass is 35.5. The van der Waals surface area contributed by atoms with Crippen molar-refractivity contribution >= 4 is 17.6 Å². The van der Waals surface area contributed by atoms with Crippen LogP contribution in [-0.2, 0) is 9.53 Å². The van der Waals surface area contributed by atoms with Crippen molar-refractivity contribution in [2.75, 3.05) is 6.61 Å². The van der Waals surface area contributed by atoms with Crippen LogP contribution in [0.4, 0.5) is 0 Å². The quantitative estimate of drug-likeness (QED) is 0.314. The number of alkyl halides is 1. The maximum atomic E-state index is 11.3. The molecule has 0 aliphatic rings. The lowest BCUT2D eigenvalue weighted by molar-refractivity contribution is -0.153. The molecule has 0 aromatic carbocycles.